The Morgan fingerprint density at radius 2 is 2.07 bits per heavy atom. The van der Waals surface area contributed by atoms with Crippen LogP contribution in [0.3, 0.4) is 0 Å². The van der Waals surface area contributed by atoms with E-state index in [4.69, 9.17) is 5.11 Å². The van der Waals surface area contributed by atoms with Gasteiger partial charge in [0.25, 0.3) is 0 Å². The number of carbonyl (C=O) groups excluding carboxylic acids is 1. The lowest BCUT2D eigenvalue weighted by Gasteiger charge is -2.07. The maximum absolute atomic E-state index is 13.1. The van der Waals surface area contributed by atoms with Crippen LogP contribution in [0.1, 0.15) is 5.56 Å². The van der Waals surface area contributed by atoms with Gasteiger partial charge in [0, 0.05) is 5.69 Å². The van der Waals surface area contributed by atoms with E-state index >= 15 is 0 Å². The minimum absolute atomic E-state index is 0.142. The van der Waals surface area contributed by atoms with Gasteiger partial charge >= 0.3 is 11.9 Å². The minimum atomic E-state index is -1.61. The van der Waals surface area contributed by atoms with E-state index < -0.39 is 17.7 Å². The fraction of sp³-hybridized carbons (Fsp3) is 0.111. The first-order valence-electron chi connectivity index (χ1n) is 3.91. The van der Waals surface area contributed by atoms with Crippen LogP contribution in [0.25, 0.3) is 0 Å². The topological polar surface area (TPSA) is 66.4 Å². The first-order valence-corrected chi connectivity index (χ1v) is 4.71. The summed E-state index contributed by atoms with van der Waals surface area (Å²) in [6.07, 6.45) is 0. The standard InChI is InChI=1S/C9H7BrFNO3/c1-4-2-5(10)6(11)3-7(4)12-8(13)9(14)15/h2-3H,1H3,(H,12,13)(H,14,15). The van der Waals surface area contributed by atoms with Gasteiger partial charge in [-0.25, -0.2) is 9.18 Å². The zero-order valence-corrected chi connectivity index (χ0v) is 9.26. The van der Waals surface area contributed by atoms with Crippen LogP contribution in [0.15, 0.2) is 16.6 Å². The molecule has 0 aliphatic heterocycles. The average Bonchev–Trinajstić information content (AvgIpc) is 2.13. The molecule has 1 aromatic carbocycles. The highest BCUT2D eigenvalue weighted by Crippen LogP contribution is 2.23. The van der Waals surface area contributed by atoms with E-state index in [9.17, 15) is 14.0 Å². The lowest BCUT2D eigenvalue weighted by molar-refractivity contribution is -0.147. The number of halogens is 2. The van der Waals surface area contributed by atoms with Crippen molar-refractivity contribution >= 4 is 33.5 Å². The van der Waals surface area contributed by atoms with Gasteiger partial charge in [0.1, 0.15) is 5.82 Å². The second-order valence-electron chi connectivity index (χ2n) is 2.84. The summed E-state index contributed by atoms with van der Waals surface area (Å²) in [5, 5.41) is 10.4. The van der Waals surface area contributed by atoms with Crippen LogP contribution in [0, 0.1) is 12.7 Å². The third-order valence-electron chi connectivity index (χ3n) is 1.71. The Kier molecular flexibility index (Phi) is 3.41. The second-order valence-corrected chi connectivity index (χ2v) is 3.69. The normalized spacial score (nSPS) is 9.80. The van der Waals surface area contributed by atoms with E-state index in [0.717, 1.165) is 6.07 Å². The van der Waals surface area contributed by atoms with Gasteiger partial charge in [0.05, 0.1) is 4.47 Å². The molecule has 0 atom stereocenters. The Bertz CT molecular complexity index is 434. The first kappa shape index (κ1) is 11.6. The van der Waals surface area contributed by atoms with Crippen LogP contribution < -0.4 is 5.32 Å². The summed E-state index contributed by atoms with van der Waals surface area (Å²) in [6.45, 7) is 1.63. The molecule has 0 saturated heterocycles. The van der Waals surface area contributed by atoms with Crippen molar-refractivity contribution in [2.45, 2.75) is 6.92 Å². The number of aryl methyl sites for hydroxylation is 1. The quantitative estimate of drug-likeness (QED) is 0.770. The molecule has 2 N–H and O–H groups in total. The Morgan fingerprint density at radius 1 is 1.47 bits per heavy atom. The van der Waals surface area contributed by atoms with Crippen LogP contribution in [0.2, 0.25) is 0 Å². The van der Waals surface area contributed by atoms with Crippen LogP contribution in [0.5, 0.6) is 0 Å². The Labute approximate surface area is 93.2 Å². The molecule has 15 heavy (non-hydrogen) atoms. The van der Waals surface area contributed by atoms with Crippen molar-refractivity contribution in [2.24, 2.45) is 0 Å². The zero-order chi connectivity index (χ0) is 11.6. The summed E-state index contributed by atoms with van der Waals surface area (Å²) in [6, 6.07) is 2.51. The molecule has 80 valence electrons. The van der Waals surface area contributed by atoms with Gasteiger partial charge in [-0.15, -0.1) is 0 Å². The van der Waals surface area contributed by atoms with E-state index in [2.05, 4.69) is 21.2 Å². The molecule has 0 spiro atoms. The van der Waals surface area contributed by atoms with Crippen molar-refractivity contribution in [3.8, 4) is 0 Å². The van der Waals surface area contributed by atoms with Crippen molar-refractivity contribution in [1.29, 1.82) is 0 Å². The van der Waals surface area contributed by atoms with E-state index in [-0.39, 0.29) is 10.2 Å². The average molecular weight is 276 g/mol. The van der Waals surface area contributed by atoms with Gasteiger partial charge in [-0.1, -0.05) is 0 Å². The molecule has 0 aliphatic rings. The number of carboxylic acids is 1. The van der Waals surface area contributed by atoms with Gasteiger partial charge in [-0.3, -0.25) is 4.79 Å². The van der Waals surface area contributed by atoms with Crippen molar-refractivity contribution in [3.63, 3.8) is 0 Å². The predicted octanol–water partition coefficient (Wildman–Crippen LogP) is 1.92. The van der Waals surface area contributed by atoms with Crippen molar-refractivity contribution in [1.82, 2.24) is 0 Å². The number of amides is 1. The summed E-state index contributed by atoms with van der Waals surface area (Å²) < 4.78 is 13.3. The highest BCUT2D eigenvalue weighted by atomic mass is 79.9. The molecule has 0 radical (unpaired) electrons. The summed E-state index contributed by atoms with van der Waals surface area (Å²) in [7, 11) is 0. The third kappa shape index (κ3) is 2.76. The number of nitrogens with one attached hydrogen (secondary N) is 1. The highest BCUT2D eigenvalue weighted by molar-refractivity contribution is 9.10. The maximum Gasteiger partial charge on any atom is 0.394 e. The third-order valence-corrected chi connectivity index (χ3v) is 2.32. The van der Waals surface area contributed by atoms with E-state index in [1.54, 1.807) is 6.92 Å². The number of rotatable bonds is 1. The van der Waals surface area contributed by atoms with Gasteiger partial charge in [0.15, 0.2) is 0 Å². The highest BCUT2D eigenvalue weighted by Gasteiger charge is 2.13. The number of carbonyl (C=O) groups is 2. The molecule has 1 aromatic rings. The lowest BCUT2D eigenvalue weighted by atomic mass is 10.2. The molecular formula is C9H7BrFNO3. The summed E-state index contributed by atoms with van der Waals surface area (Å²) in [4.78, 5) is 21.1. The van der Waals surface area contributed by atoms with Gasteiger partial charge in [-0.05, 0) is 40.5 Å². The SMILES string of the molecule is Cc1cc(Br)c(F)cc1NC(=O)C(=O)O. The largest absolute Gasteiger partial charge is 0.474 e. The number of hydrogen-bond donors (Lipinski definition) is 2. The van der Waals surface area contributed by atoms with Gasteiger partial charge in [-0.2, -0.15) is 0 Å². The molecule has 0 aliphatic carbocycles. The Balaban J connectivity index is 3.01. The van der Waals surface area contributed by atoms with Gasteiger partial charge < -0.3 is 10.4 Å². The number of benzene rings is 1. The van der Waals surface area contributed by atoms with Crippen LogP contribution in [-0.2, 0) is 9.59 Å². The summed E-state index contributed by atoms with van der Waals surface area (Å²) in [5.74, 6) is -3.38. The number of aliphatic carboxylic acids is 1. The molecule has 0 unspecified atom stereocenters. The van der Waals surface area contributed by atoms with E-state index in [0.29, 0.717) is 5.56 Å². The summed E-state index contributed by atoms with van der Waals surface area (Å²) >= 11 is 2.97. The first-order chi connectivity index (χ1) is 6.91. The van der Waals surface area contributed by atoms with E-state index in [1.165, 1.54) is 6.07 Å². The van der Waals surface area contributed by atoms with Gasteiger partial charge in [0.2, 0.25) is 0 Å². The molecule has 1 rings (SSSR count). The Morgan fingerprint density at radius 3 is 2.60 bits per heavy atom. The van der Waals surface area contributed by atoms with Crippen LogP contribution in [0.4, 0.5) is 10.1 Å². The van der Waals surface area contributed by atoms with Crippen molar-refractivity contribution < 1.29 is 19.1 Å². The number of carboxylic acid groups (broad SMARTS) is 1. The molecule has 4 nitrogen and oxygen atoms in total. The van der Waals surface area contributed by atoms with Crippen molar-refractivity contribution in [2.75, 3.05) is 5.32 Å². The second kappa shape index (κ2) is 4.39. The number of hydrogen-bond acceptors (Lipinski definition) is 2. The van der Waals surface area contributed by atoms with Crippen molar-refractivity contribution in [3.05, 3.63) is 28.0 Å². The zero-order valence-electron chi connectivity index (χ0n) is 7.67. The fourth-order valence-electron chi connectivity index (χ4n) is 0.957. The predicted molar refractivity (Wildman–Crippen MR) is 55.1 cm³/mol. The van der Waals surface area contributed by atoms with Crippen LogP contribution in [-0.4, -0.2) is 17.0 Å². The number of anilines is 1. The Hall–Kier alpha value is -1.43. The molecule has 1 amide bonds. The molecule has 6 heteroatoms. The smallest absolute Gasteiger partial charge is 0.394 e. The molecule has 0 aromatic heterocycles. The lowest BCUT2D eigenvalue weighted by Crippen LogP contribution is -2.22. The molecular weight excluding hydrogens is 269 g/mol. The molecule has 0 saturated carbocycles. The minimum Gasteiger partial charge on any atom is -0.474 e. The molecule has 0 heterocycles. The maximum atomic E-state index is 13.1. The van der Waals surface area contributed by atoms with Crippen LogP contribution >= 0.6 is 15.9 Å². The fourth-order valence-corrected chi connectivity index (χ4v) is 1.41. The molecule has 0 fully saturated rings. The van der Waals surface area contributed by atoms with E-state index in [1.807, 2.05) is 0 Å². The monoisotopic (exact) mass is 275 g/mol. The summed E-state index contributed by atoms with van der Waals surface area (Å²) in [5.41, 5.74) is 0.709. The molecule has 0 bridgehead atoms.